The predicted octanol–water partition coefficient (Wildman–Crippen LogP) is 3.17. The number of rotatable bonds is 4. The number of nitrogens with two attached hydrogens (primary N) is 1. The van der Waals surface area contributed by atoms with Gasteiger partial charge >= 0.3 is 0 Å². The molecule has 0 aliphatic heterocycles. The molecule has 0 saturated heterocycles. The van der Waals surface area contributed by atoms with Crippen LogP contribution in [0.4, 0.5) is 0 Å². The highest BCUT2D eigenvalue weighted by atomic mass is 32.1. The van der Waals surface area contributed by atoms with Crippen molar-refractivity contribution in [2.45, 2.75) is 26.3 Å². The van der Waals surface area contributed by atoms with E-state index in [0.717, 1.165) is 6.42 Å². The van der Waals surface area contributed by atoms with Crippen molar-refractivity contribution in [3.63, 3.8) is 0 Å². The molecule has 0 bridgehead atoms. The maximum Gasteiger partial charge on any atom is 0.0807 e. The maximum absolute atomic E-state index is 5.75. The molecule has 0 saturated carbocycles. The van der Waals surface area contributed by atoms with Crippen LogP contribution in [0, 0.1) is 6.92 Å². The fraction of sp³-hybridized carbons (Fsp3) is 0.286. The van der Waals surface area contributed by atoms with Gasteiger partial charge in [0.05, 0.1) is 6.04 Å². The minimum absolute atomic E-state index is 0.103. The summed E-state index contributed by atoms with van der Waals surface area (Å²) in [7, 11) is 0. The van der Waals surface area contributed by atoms with E-state index in [9.17, 15) is 0 Å². The van der Waals surface area contributed by atoms with Gasteiger partial charge in [-0.25, -0.2) is 5.43 Å². The number of nitrogens with one attached hydrogen (secondary N) is 1. The summed E-state index contributed by atoms with van der Waals surface area (Å²) >= 11 is 1.75. The van der Waals surface area contributed by atoms with Gasteiger partial charge in [0, 0.05) is 4.88 Å². The van der Waals surface area contributed by atoms with Gasteiger partial charge < -0.3 is 0 Å². The van der Waals surface area contributed by atoms with Crippen LogP contribution < -0.4 is 11.3 Å². The summed E-state index contributed by atoms with van der Waals surface area (Å²) in [5, 5.41) is 2.11. The van der Waals surface area contributed by atoms with Gasteiger partial charge in [-0.05, 0) is 41.5 Å². The minimum Gasteiger partial charge on any atom is -0.271 e. The van der Waals surface area contributed by atoms with Gasteiger partial charge in [0.25, 0.3) is 0 Å². The molecule has 1 unspecified atom stereocenters. The van der Waals surface area contributed by atoms with E-state index >= 15 is 0 Å². The van der Waals surface area contributed by atoms with Crippen molar-refractivity contribution in [2.75, 3.05) is 0 Å². The first-order chi connectivity index (χ1) is 8.27. The predicted molar refractivity (Wildman–Crippen MR) is 74.0 cm³/mol. The van der Waals surface area contributed by atoms with Crippen LogP contribution in [0.15, 0.2) is 35.7 Å². The molecule has 0 radical (unpaired) electrons. The Kier molecular flexibility index (Phi) is 3.94. The van der Waals surface area contributed by atoms with Crippen LogP contribution >= 0.6 is 11.3 Å². The molecule has 0 aliphatic carbocycles. The monoisotopic (exact) mass is 246 g/mol. The van der Waals surface area contributed by atoms with Crippen molar-refractivity contribution >= 4 is 11.3 Å². The first kappa shape index (κ1) is 12.3. The fourth-order valence-electron chi connectivity index (χ4n) is 2.12. The molecule has 2 aromatic rings. The van der Waals surface area contributed by atoms with Gasteiger partial charge in [-0.1, -0.05) is 31.2 Å². The van der Waals surface area contributed by atoms with Gasteiger partial charge in [0.1, 0.15) is 0 Å². The van der Waals surface area contributed by atoms with E-state index in [2.05, 4.69) is 55.0 Å². The Morgan fingerprint density at radius 2 is 2.06 bits per heavy atom. The van der Waals surface area contributed by atoms with E-state index in [-0.39, 0.29) is 6.04 Å². The van der Waals surface area contributed by atoms with E-state index in [4.69, 9.17) is 5.84 Å². The molecule has 1 aromatic heterocycles. The highest BCUT2D eigenvalue weighted by Crippen LogP contribution is 2.30. The zero-order chi connectivity index (χ0) is 12.3. The van der Waals surface area contributed by atoms with Crippen molar-refractivity contribution < 1.29 is 0 Å². The molecule has 0 aliphatic rings. The Hall–Kier alpha value is -1.16. The average Bonchev–Trinajstić information content (AvgIpc) is 2.78. The molecule has 1 atom stereocenters. The van der Waals surface area contributed by atoms with E-state index in [0.29, 0.717) is 0 Å². The Morgan fingerprint density at radius 1 is 1.29 bits per heavy atom. The Balaban J connectivity index is 2.46. The number of hydrogen-bond acceptors (Lipinski definition) is 3. The molecule has 3 heteroatoms. The Morgan fingerprint density at radius 3 is 2.65 bits per heavy atom. The summed E-state index contributed by atoms with van der Waals surface area (Å²) in [4.78, 5) is 1.30. The molecule has 2 nitrogen and oxygen atoms in total. The van der Waals surface area contributed by atoms with E-state index in [1.807, 2.05) is 0 Å². The zero-order valence-corrected chi connectivity index (χ0v) is 11.1. The van der Waals surface area contributed by atoms with Gasteiger partial charge in [0.2, 0.25) is 0 Å². The standard InChI is InChI=1S/C14H18N2S/c1-3-11-6-4-5-7-12(11)13(16-15)14-10(2)8-9-17-14/h4-9,13,16H,3,15H2,1-2H3. The summed E-state index contributed by atoms with van der Waals surface area (Å²) < 4.78 is 0. The topological polar surface area (TPSA) is 38.0 Å². The molecular weight excluding hydrogens is 228 g/mol. The van der Waals surface area contributed by atoms with Crippen molar-refractivity contribution in [1.29, 1.82) is 0 Å². The largest absolute Gasteiger partial charge is 0.271 e. The smallest absolute Gasteiger partial charge is 0.0807 e. The maximum atomic E-state index is 5.75. The third kappa shape index (κ3) is 2.41. The molecule has 2 rings (SSSR count). The molecule has 3 N–H and O–H groups in total. The van der Waals surface area contributed by atoms with Gasteiger partial charge in [-0.15, -0.1) is 11.3 Å². The highest BCUT2D eigenvalue weighted by molar-refractivity contribution is 7.10. The summed E-state index contributed by atoms with van der Waals surface area (Å²) in [5.41, 5.74) is 6.87. The summed E-state index contributed by atoms with van der Waals surface area (Å²) in [5.74, 6) is 5.75. The Labute approximate surface area is 106 Å². The van der Waals surface area contributed by atoms with Gasteiger partial charge in [-0.2, -0.15) is 0 Å². The minimum atomic E-state index is 0.103. The second kappa shape index (κ2) is 5.45. The third-order valence-electron chi connectivity index (χ3n) is 3.08. The molecule has 0 amide bonds. The highest BCUT2D eigenvalue weighted by Gasteiger charge is 2.17. The van der Waals surface area contributed by atoms with Crippen molar-refractivity contribution in [3.8, 4) is 0 Å². The van der Waals surface area contributed by atoms with Crippen molar-refractivity contribution in [2.24, 2.45) is 5.84 Å². The lowest BCUT2D eigenvalue weighted by Gasteiger charge is -2.19. The van der Waals surface area contributed by atoms with Crippen LogP contribution in [0.2, 0.25) is 0 Å². The molecule has 17 heavy (non-hydrogen) atoms. The van der Waals surface area contributed by atoms with Crippen LogP contribution in [-0.2, 0) is 6.42 Å². The molecule has 0 fully saturated rings. The second-order valence-corrected chi connectivity index (χ2v) is 5.07. The third-order valence-corrected chi connectivity index (χ3v) is 4.16. The second-order valence-electron chi connectivity index (χ2n) is 4.12. The van der Waals surface area contributed by atoms with Crippen molar-refractivity contribution in [3.05, 3.63) is 57.3 Å². The number of hydrazine groups is 1. The SMILES string of the molecule is CCc1ccccc1C(NN)c1sccc1C. The summed E-state index contributed by atoms with van der Waals surface area (Å²) in [6.07, 6.45) is 1.03. The lowest BCUT2D eigenvalue weighted by molar-refractivity contribution is 0.638. The summed E-state index contributed by atoms with van der Waals surface area (Å²) in [6, 6.07) is 10.7. The summed E-state index contributed by atoms with van der Waals surface area (Å²) in [6.45, 7) is 4.30. The molecular formula is C14H18N2S. The van der Waals surface area contributed by atoms with Crippen molar-refractivity contribution in [1.82, 2.24) is 5.43 Å². The lowest BCUT2D eigenvalue weighted by atomic mass is 9.97. The molecule has 90 valence electrons. The van der Waals surface area contributed by atoms with E-state index in [1.54, 1.807) is 11.3 Å². The molecule has 1 aromatic carbocycles. The number of aryl methyl sites for hydroxylation is 2. The normalized spacial score (nSPS) is 12.6. The number of benzene rings is 1. The first-order valence-corrected chi connectivity index (χ1v) is 6.73. The molecule has 1 heterocycles. The quantitative estimate of drug-likeness (QED) is 0.642. The number of hydrogen-bond donors (Lipinski definition) is 2. The van der Waals surface area contributed by atoms with Crippen LogP contribution in [0.3, 0.4) is 0 Å². The van der Waals surface area contributed by atoms with E-state index < -0.39 is 0 Å². The Bertz CT molecular complexity index is 490. The van der Waals surface area contributed by atoms with Crippen LogP contribution in [0.1, 0.15) is 34.5 Å². The fourth-order valence-corrected chi connectivity index (χ4v) is 3.13. The first-order valence-electron chi connectivity index (χ1n) is 5.85. The van der Waals surface area contributed by atoms with Gasteiger partial charge in [-0.3, -0.25) is 5.84 Å². The zero-order valence-electron chi connectivity index (χ0n) is 10.2. The van der Waals surface area contributed by atoms with Gasteiger partial charge in [0.15, 0.2) is 0 Å². The van der Waals surface area contributed by atoms with E-state index in [1.165, 1.54) is 21.6 Å². The van der Waals surface area contributed by atoms with Crippen LogP contribution in [0.5, 0.6) is 0 Å². The van der Waals surface area contributed by atoms with Crippen LogP contribution in [0.25, 0.3) is 0 Å². The molecule has 0 spiro atoms. The average molecular weight is 246 g/mol. The van der Waals surface area contributed by atoms with Crippen LogP contribution in [-0.4, -0.2) is 0 Å². The number of thiophene rings is 1. The lowest BCUT2D eigenvalue weighted by Crippen LogP contribution is -2.29.